The molecule has 0 aliphatic carbocycles. The summed E-state index contributed by atoms with van der Waals surface area (Å²) in [7, 11) is 1.89. The average molecular weight is 348 g/mol. The number of ether oxygens (including phenoxy) is 1. The van der Waals surface area contributed by atoms with Gasteiger partial charge in [0.05, 0.1) is 6.54 Å². The number of aryl methyl sites for hydroxylation is 1. The van der Waals surface area contributed by atoms with Crippen molar-refractivity contribution >= 4 is 12.0 Å². The molecule has 6 heteroatoms. The largest absolute Gasteiger partial charge is 0.489 e. The zero-order valence-corrected chi connectivity index (χ0v) is 14.5. The Hall–Kier alpha value is -3.41. The molecule has 0 bridgehead atoms. The molecule has 1 aromatic carbocycles. The highest BCUT2D eigenvalue weighted by molar-refractivity contribution is 5.91. The van der Waals surface area contributed by atoms with Crippen LogP contribution < -0.4 is 10.1 Å². The molecule has 0 radical (unpaired) electrons. The SMILES string of the molecule is Cn1ccnc1CNC(=O)C=Cc1ccc(OCc2cccnc2)cc1. The van der Waals surface area contributed by atoms with Crippen molar-refractivity contribution in [1.29, 1.82) is 0 Å². The maximum atomic E-state index is 11.9. The molecule has 1 N–H and O–H groups in total. The van der Waals surface area contributed by atoms with Gasteiger partial charge < -0.3 is 14.6 Å². The number of aromatic nitrogens is 3. The van der Waals surface area contributed by atoms with E-state index < -0.39 is 0 Å². The third-order valence-electron chi connectivity index (χ3n) is 3.78. The maximum Gasteiger partial charge on any atom is 0.244 e. The summed E-state index contributed by atoms with van der Waals surface area (Å²) < 4.78 is 7.58. The number of amides is 1. The zero-order valence-electron chi connectivity index (χ0n) is 14.5. The first-order valence-corrected chi connectivity index (χ1v) is 8.24. The van der Waals surface area contributed by atoms with Crippen molar-refractivity contribution in [2.45, 2.75) is 13.2 Å². The Kier molecular flexibility index (Phi) is 5.77. The van der Waals surface area contributed by atoms with Gasteiger partial charge in [-0.25, -0.2) is 4.98 Å². The molecule has 132 valence electrons. The van der Waals surface area contributed by atoms with Crippen molar-refractivity contribution < 1.29 is 9.53 Å². The van der Waals surface area contributed by atoms with Crippen LogP contribution >= 0.6 is 0 Å². The van der Waals surface area contributed by atoms with E-state index in [9.17, 15) is 4.79 Å². The number of nitrogens with one attached hydrogen (secondary N) is 1. The molecule has 0 saturated carbocycles. The second-order valence-corrected chi connectivity index (χ2v) is 5.72. The number of carbonyl (C=O) groups excluding carboxylic acids is 1. The van der Waals surface area contributed by atoms with Gasteiger partial charge in [0.25, 0.3) is 0 Å². The lowest BCUT2D eigenvalue weighted by Gasteiger charge is -2.06. The third kappa shape index (κ3) is 5.04. The molecule has 2 heterocycles. The molecule has 6 nitrogen and oxygen atoms in total. The average Bonchev–Trinajstić information content (AvgIpc) is 3.09. The molecule has 0 atom stereocenters. The number of hydrogen-bond acceptors (Lipinski definition) is 4. The van der Waals surface area contributed by atoms with E-state index in [0.29, 0.717) is 13.2 Å². The van der Waals surface area contributed by atoms with Gasteiger partial charge in [-0.2, -0.15) is 0 Å². The number of imidazole rings is 1. The zero-order chi connectivity index (χ0) is 18.2. The highest BCUT2D eigenvalue weighted by Gasteiger charge is 2.01. The van der Waals surface area contributed by atoms with Crippen LogP contribution in [0.15, 0.2) is 67.3 Å². The number of benzene rings is 1. The molecule has 0 unspecified atom stereocenters. The van der Waals surface area contributed by atoms with Gasteiger partial charge in [0.2, 0.25) is 5.91 Å². The van der Waals surface area contributed by atoms with Gasteiger partial charge in [0, 0.05) is 43.5 Å². The summed E-state index contributed by atoms with van der Waals surface area (Å²) >= 11 is 0. The first kappa shape index (κ1) is 17.4. The Morgan fingerprint density at radius 1 is 1.23 bits per heavy atom. The van der Waals surface area contributed by atoms with Crippen LogP contribution in [0.2, 0.25) is 0 Å². The van der Waals surface area contributed by atoms with Gasteiger partial charge in [-0.15, -0.1) is 0 Å². The summed E-state index contributed by atoms with van der Waals surface area (Å²) in [5.74, 6) is 1.41. The topological polar surface area (TPSA) is 69.0 Å². The van der Waals surface area contributed by atoms with Crippen LogP contribution in [0.3, 0.4) is 0 Å². The maximum absolute atomic E-state index is 11.9. The van der Waals surface area contributed by atoms with E-state index in [1.807, 2.05) is 54.2 Å². The van der Waals surface area contributed by atoms with Gasteiger partial charge in [0.15, 0.2) is 0 Å². The van der Waals surface area contributed by atoms with Crippen LogP contribution in [0, 0.1) is 0 Å². The van der Waals surface area contributed by atoms with Crippen LogP contribution in [-0.2, 0) is 25.0 Å². The van der Waals surface area contributed by atoms with E-state index >= 15 is 0 Å². The van der Waals surface area contributed by atoms with Gasteiger partial charge in [-0.1, -0.05) is 18.2 Å². The lowest BCUT2D eigenvalue weighted by Crippen LogP contribution is -2.22. The molecule has 0 spiro atoms. The van der Waals surface area contributed by atoms with E-state index in [-0.39, 0.29) is 5.91 Å². The van der Waals surface area contributed by atoms with Crippen molar-refractivity contribution in [2.24, 2.45) is 7.05 Å². The summed E-state index contributed by atoms with van der Waals surface area (Å²) in [5.41, 5.74) is 1.94. The number of hydrogen-bond donors (Lipinski definition) is 1. The fraction of sp³-hybridized carbons (Fsp3) is 0.150. The molecule has 26 heavy (non-hydrogen) atoms. The van der Waals surface area contributed by atoms with Crippen molar-refractivity contribution in [1.82, 2.24) is 19.9 Å². The van der Waals surface area contributed by atoms with E-state index in [0.717, 1.165) is 22.7 Å². The Labute approximate surface area is 152 Å². The van der Waals surface area contributed by atoms with Crippen molar-refractivity contribution in [3.63, 3.8) is 0 Å². The lowest BCUT2D eigenvalue weighted by atomic mass is 10.2. The van der Waals surface area contributed by atoms with Gasteiger partial charge >= 0.3 is 0 Å². The smallest absolute Gasteiger partial charge is 0.244 e. The Morgan fingerprint density at radius 3 is 2.77 bits per heavy atom. The highest BCUT2D eigenvalue weighted by atomic mass is 16.5. The van der Waals surface area contributed by atoms with E-state index in [2.05, 4.69) is 15.3 Å². The quantitative estimate of drug-likeness (QED) is 0.667. The van der Waals surface area contributed by atoms with Gasteiger partial charge in [-0.3, -0.25) is 9.78 Å². The monoisotopic (exact) mass is 348 g/mol. The Bertz CT molecular complexity index is 870. The van der Waals surface area contributed by atoms with Gasteiger partial charge in [0.1, 0.15) is 18.2 Å². The van der Waals surface area contributed by atoms with Crippen LogP contribution in [0.4, 0.5) is 0 Å². The standard InChI is InChI=1S/C20H20N4O2/c1-24-12-11-22-19(24)14-23-20(25)9-6-16-4-7-18(8-5-16)26-15-17-3-2-10-21-13-17/h2-13H,14-15H2,1H3,(H,23,25). The second-order valence-electron chi connectivity index (χ2n) is 5.72. The van der Waals surface area contributed by atoms with Crippen molar-refractivity contribution in [3.8, 4) is 5.75 Å². The summed E-state index contributed by atoms with van der Waals surface area (Å²) in [5, 5.41) is 2.81. The fourth-order valence-corrected chi connectivity index (χ4v) is 2.29. The molecule has 2 aromatic heterocycles. The molecule has 0 aliphatic heterocycles. The number of rotatable bonds is 7. The Balaban J connectivity index is 1.48. The second kappa shape index (κ2) is 8.62. The minimum Gasteiger partial charge on any atom is -0.489 e. The number of carbonyl (C=O) groups is 1. The number of pyridine rings is 1. The molecule has 0 aliphatic rings. The summed E-state index contributed by atoms with van der Waals surface area (Å²) in [4.78, 5) is 20.1. The fourth-order valence-electron chi connectivity index (χ4n) is 2.29. The third-order valence-corrected chi connectivity index (χ3v) is 3.78. The first-order valence-electron chi connectivity index (χ1n) is 8.24. The molecular formula is C20H20N4O2. The predicted octanol–water partition coefficient (Wildman–Crippen LogP) is 2.72. The van der Waals surface area contributed by atoms with Gasteiger partial charge in [-0.05, 0) is 29.8 Å². The number of nitrogens with zero attached hydrogens (tertiary/aromatic N) is 3. The van der Waals surface area contributed by atoms with Crippen molar-refractivity contribution in [3.05, 3.63) is 84.2 Å². The minimum absolute atomic E-state index is 0.162. The predicted molar refractivity (Wildman–Crippen MR) is 99.1 cm³/mol. The normalized spacial score (nSPS) is 10.8. The lowest BCUT2D eigenvalue weighted by molar-refractivity contribution is -0.116. The molecule has 1 amide bonds. The summed E-state index contributed by atoms with van der Waals surface area (Å²) in [6, 6.07) is 11.4. The van der Waals surface area contributed by atoms with Crippen LogP contribution in [0.25, 0.3) is 6.08 Å². The molecular weight excluding hydrogens is 328 g/mol. The molecule has 3 aromatic rings. The molecule has 0 fully saturated rings. The molecule has 3 rings (SSSR count). The summed E-state index contributed by atoms with van der Waals surface area (Å²) in [6.45, 7) is 0.867. The molecule has 0 saturated heterocycles. The van der Waals surface area contributed by atoms with Crippen molar-refractivity contribution in [2.75, 3.05) is 0 Å². The van der Waals surface area contributed by atoms with Crippen LogP contribution in [-0.4, -0.2) is 20.4 Å². The highest BCUT2D eigenvalue weighted by Crippen LogP contribution is 2.14. The van der Waals surface area contributed by atoms with E-state index in [1.165, 1.54) is 6.08 Å². The Morgan fingerprint density at radius 2 is 2.08 bits per heavy atom. The first-order chi connectivity index (χ1) is 12.7. The van der Waals surface area contributed by atoms with Crippen LogP contribution in [0.5, 0.6) is 5.75 Å². The summed E-state index contributed by atoms with van der Waals surface area (Å²) in [6.07, 6.45) is 10.3. The minimum atomic E-state index is -0.162. The van der Waals surface area contributed by atoms with E-state index in [1.54, 1.807) is 24.7 Å². The van der Waals surface area contributed by atoms with Crippen LogP contribution in [0.1, 0.15) is 17.0 Å². The van der Waals surface area contributed by atoms with E-state index in [4.69, 9.17) is 4.74 Å².